The van der Waals surface area contributed by atoms with E-state index in [1.54, 1.807) is 0 Å². The van der Waals surface area contributed by atoms with Gasteiger partial charge in [0.25, 0.3) is 0 Å². The predicted molar refractivity (Wildman–Crippen MR) is 176 cm³/mol. The quantitative estimate of drug-likeness (QED) is 0.177. The molecule has 2 saturated heterocycles. The van der Waals surface area contributed by atoms with E-state index in [0.717, 1.165) is 16.2 Å². The zero-order valence-corrected chi connectivity index (χ0v) is 31.7. The van der Waals surface area contributed by atoms with Gasteiger partial charge in [0.2, 0.25) is 0 Å². The number of alkyl halides is 1. The number of ether oxygens (including phenoxy) is 2. The van der Waals surface area contributed by atoms with E-state index in [-0.39, 0.29) is 54.1 Å². The fraction of sp³-hybridized carbons (Fsp3) is 0.576. The van der Waals surface area contributed by atoms with Gasteiger partial charge in [-0.25, -0.2) is 0 Å². The molecule has 1 saturated carbocycles. The average Bonchev–Trinajstić information content (AvgIpc) is 3.42. The standard InChI is InChI=1S/C33H43BrO5Se2Si/c1-30(2,3)42(6,7)39-27-25-26(41-24-16-12-9-13-17-24)28(35)38-33(25,31(4)21-37-29(36)32(27,31)5)19-18-22(34)20-40-23-14-10-8-11-15-23/h8-17,22,25-27H,18-21H2,1-7H3/t22?,25-,26+,27-,31-,32+,33-/m1/s1. The summed E-state index contributed by atoms with van der Waals surface area (Å²) in [4.78, 5) is 27.8. The van der Waals surface area contributed by atoms with Gasteiger partial charge in [-0.3, -0.25) is 0 Å². The number of hydrogen-bond acceptors (Lipinski definition) is 5. The maximum atomic E-state index is 14.0. The van der Waals surface area contributed by atoms with Gasteiger partial charge < -0.3 is 0 Å². The molecule has 0 aromatic heterocycles. The Labute approximate surface area is 273 Å². The van der Waals surface area contributed by atoms with E-state index in [1.807, 2.05) is 25.1 Å². The predicted octanol–water partition coefficient (Wildman–Crippen LogP) is 5.68. The van der Waals surface area contributed by atoms with Crippen LogP contribution in [0.25, 0.3) is 0 Å². The molecule has 0 spiro atoms. The molecule has 2 aromatic rings. The first kappa shape index (κ1) is 32.5. The molecule has 5 rings (SSSR count). The van der Waals surface area contributed by atoms with Crippen molar-refractivity contribution in [2.45, 2.75) is 92.3 Å². The van der Waals surface area contributed by atoms with E-state index in [1.165, 1.54) is 4.46 Å². The first-order valence-electron chi connectivity index (χ1n) is 14.8. The summed E-state index contributed by atoms with van der Waals surface area (Å²) < 4.78 is 22.4. The summed E-state index contributed by atoms with van der Waals surface area (Å²) in [7, 11) is -2.35. The molecule has 5 nitrogen and oxygen atoms in total. The second-order valence-corrected chi connectivity index (χ2v) is 24.8. The fourth-order valence-corrected chi connectivity index (χ4v) is 13.6. The fourth-order valence-electron chi connectivity index (χ4n) is 6.77. The van der Waals surface area contributed by atoms with Crippen LogP contribution in [0.15, 0.2) is 60.7 Å². The molecule has 2 aromatic carbocycles. The normalized spacial score (nSPS) is 33.2. The summed E-state index contributed by atoms with van der Waals surface area (Å²) in [5, 5.41) is 0.980. The molecular weight excluding hydrogens is 742 g/mol. The summed E-state index contributed by atoms with van der Waals surface area (Å²) in [6.45, 7) is 15.6. The van der Waals surface area contributed by atoms with Crippen LogP contribution in [-0.4, -0.2) is 73.3 Å². The Bertz CT molecular complexity index is 1300. The number of fused-ring (bicyclic) bond motifs is 3. The van der Waals surface area contributed by atoms with Crippen molar-refractivity contribution >= 4 is 75.0 Å². The number of esters is 2. The van der Waals surface area contributed by atoms with Gasteiger partial charge in [0.15, 0.2) is 0 Å². The summed E-state index contributed by atoms with van der Waals surface area (Å²) in [5.74, 6) is -0.580. The molecule has 1 unspecified atom stereocenters. The molecule has 0 N–H and O–H groups in total. The molecule has 0 amide bonds. The van der Waals surface area contributed by atoms with Gasteiger partial charge in [0, 0.05) is 0 Å². The Hall–Kier alpha value is -0.924. The van der Waals surface area contributed by atoms with E-state index < -0.39 is 30.9 Å². The molecule has 2 aliphatic heterocycles. The summed E-state index contributed by atoms with van der Waals surface area (Å²) >= 11 is 4.15. The van der Waals surface area contributed by atoms with E-state index >= 15 is 0 Å². The minimum atomic E-state index is -2.35. The number of carbonyl (C=O) groups is 2. The summed E-state index contributed by atoms with van der Waals surface area (Å²) in [6.07, 6.45) is 1.06. The molecule has 2 heterocycles. The van der Waals surface area contributed by atoms with Crippen molar-refractivity contribution in [2.24, 2.45) is 16.7 Å². The van der Waals surface area contributed by atoms with Gasteiger partial charge in [-0.2, -0.15) is 0 Å². The van der Waals surface area contributed by atoms with Gasteiger partial charge in [0.05, 0.1) is 0 Å². The number of benzene rings is 2. The SMILES string of the molecule is CC(C)(C)[Si](C)(C)O[C@@H]1[C@H]2[C@H]([Se]c3ccccc3)C(=O)O[C@@]2(CCC(Br)C[Se]c2ccccc2)[C@]2(C)COC(=O)[C@]12C. The molecule has 0 bridgehead atoms. The van der Waals surface area contributed by atoms with Gasteiger partial charge >= 0.3 is 275 Å². The van der Waals surface area contributed by atoms with Crippen LogP contribution in [0.5, 0.6) is 0 Å². The average molecular weight is 786 g/mol. The van der Waals surface area contributed by atoms with Crippen molar-refractivity contribution in [3.8, 4) is 0 Å². The Morgan fingerprint density at radius 3 is 2.21 bits per heavy atom. The second kappa shape index (κ2) is 11.8. The van der Waals surface area contributed by atoms with E-state index in [2.05, 4.69) is 99.2 Å². The Balaban J connectivity index is 1.54. The second-order valence-electron chi connectivity index (χ2n) is 13.9. The van der Waals surface area contributed by atoms with Gasteiger partial charge in [-0.15, -0.1) is 0 Å². The van der Waals surface area contributed by atoms with Crippen molar-refractivity contribution in [2.75, 3.05) is 6.61 Å². The third-order valence-corrected chi connectivity index (χ3v) is 21.9. The number of cyclic esters (lactones) is 1. The monoisotopic (exact) mass is 786 g/mol. The summed E-state index contributed by atoms with van der Waals surface area (Å²) in [5.41, 5.74) is -2.44. The first-order valence-corrected chi connectivity index (χ1v) is 22.5. The molecule has 7 atom stereocenters. The Morgan fingerprint density at radius 2 is 1.62 bits per heavy atom. The zero-order valence-electron chi connectivity index (χ0n) is 25.6. The number of carbonyl (C=O) groups excluding carboxylic acids is 2. The third-order valence-electron chi connectivity index (χ3n) is 10.5. The van der Waals surface area contributed by atoms with Crippen molar-refractivity contribution in [1.29, 1.82) is 0 Å². The first-order chi connectivity index (χ1) is 19.7. The van der Waals surface area contributed by atoms with Crippen LogP contribution >= 0.6 is 15.9 Å². The van der Waals surface area contributed by atoms with Crippen LogP contribution < -0.4 is 8.92 Å². The van der Waals surface area contributed by atoms with Crippen LogP contribution in [0.3, 0.4) is 0 Å². The number of halogens is 1. The Morgan fingerprint density at radius 1 is 1.02 bits per heavy atom. The molecule has 3 aliphatic rings. The molecule has 3 fully saturated rings. The summed E-state index contributed by atoms with van der Waals surface area (Å²) in [6, 6.07) is 20.9. The number of rotatable bonds is 10. The minimum absolute atomic E-state index is 0.0580. The molecular formula is C33H43BrO5Se2Si. The van der Waals surface area contributed by atoms with E-state index in [0.29, 0.717) is 21.4 Å². The maximum absolute atomic E-state index is 14.0. The van der Waals surface area contributed by atoms with Crippen LogP contribution in [0, 0.1) is 16.7 Å². The van der Waals surface area contributed by atoms with Crippen molar-refractivity contribution in [1.82, 2.24) is 0 Å². The topological polar surface area (TPSA) is 61.8 Å². The van der Waals surface area contributed by atoms with Gasteiger partial charge in [0.1, 0.15) is 0 Å². The number of hydrogen-bond donors (Lipinski definition) is 0. The zero-order chi connectivity index (χ0) is 30.6. The van der Waals surface area contributed by atoms with Gasteiger partial charge in [-0.05, 0) is 0 Å². The Kier molecular flexibility index (Phi) is 9.11. The van der Waals surface area contributed by atoms with Crippen molar-refractivity contribution in [3.63, 3.8) is 0 Å². The van der Waals surface area contributed by atoms with Crippen LogP contribution in [0.1, 0.15) is 47.5 Å². The molecule has 228 valence electrons. The van der Waals surface area contributed by atoms with Gasteiger partial charge in [-0.1, -0.05) is 0 Å². The molecule has 1 aliphatic carbocycles. The molecule has 0 radical (unpaired) electrons. The van der Waals surface area contributed by atoms with Crippen LogP contribution in [0.4, 0.5) is 0 Å². The molecule has 9 heteroatoms. The van der Waals surface area contributed by atoms with Crippen molar-refractivity contribution < 1.29 is 23.5 Å². The third kappa shape index (κ3) is 5.33. The van der Waals surface area contributed by atoms with E-state index in [4.69, 9.17) is 13.9 Å². The van der Waals surface area contributed by atoms with Crippen molar-refractivity contribution in [3.05, 3.63) is 60.7 Å². The van der Waals surface area contributed by atoms with E-state index in [9.17, 15) is 9.59 Å². The van der Waals surface area contributed by atoms with Crippen LogP contribution in [0.2, 0.25) is 28.3 Å². The molecule has 42 heavy (non-hydrogen) atoms. The van der Waals surface area contributed by atoms with Crippen LogP contribution in [-0.2, 0) is 23.5 Å².